The van der Waals surface area contributed by atoms with E-state index in [1.807, 2.05) is 13.0 Å². The van der Waals surface area contributed by atoms with Gasteiger partial charge in [-0.1, -0.05) is 20.8 Å². The fourth-order valence-corrected chi connectivity index (χ4v) is 1.44. The molecular weight excluding hydrogens is 226 g/mol. The first-order valence-corrected chi connectivity index (χ1v) is 6.55. The topological polar surface area (TPSA) is 54.0 Å². The summed E-state index contributed by atoms with van der Waals surface area (Å²) in [6.45, 7) is 9.13. The molecule has 0 aromatic carbocycles. The fraction of sp³-hybridized carbons (Fsp3) is 0.571. The second kappa shape index (κ2) is 6.99. The molecule has 18 heavy (non-hydrogen) atoms. The number of carbonyl (C=O) groups excluding carboxylic acids is 1. The van der Waals surface area contributed by atoms with E-state index in [-0.39, 0.29) is 11.9 Å². The summed E-state index contributed by atoms with van der Waals surface area (Å²) < 4.78 is 0. The molecule has 0 aliphatic carbocycles. The molecule has 0 spiro atoms. The number of nitrogens with one attached hydrogen (secondary N) is 2. The summed E-state index contributed by atoms with van der Waals surface area (Å²) in [5, 5.41) is 6.24. The highest BCUT2D eigenvalue weighted by atomic mass is 16.1. The number of aromatic nitrogens is 1. The van der Waals surface area contributed by atoms with Crippen molar-refractivity contribution in [2.75, 3.05) is 11.9 Å². The predicted octanol–water partition coefficient (Wildman–Crippen LogP) is 2.68. The van der Waals surface area contributed by atoms with Crippen LogP contribution in [0.25, 0.3) is 0 Å². The molecule has 1 rings (SSSR count). The molecule has 1 atom stereocenters. The van der Waals surface area contributed by atoms with E-state index in [2.05, 4.69) is 36.4 Å². The predicted molar refractivity (Wildman–Crippen MR) is 74.8 cm³/mol. The Morgan fingerprint density at radius 2 is 2.11 bits per heavy atom. The molecule has 0 saturated carbocycles. The monoisotopic (exact) mass is 249 g/mol. The standard InChI is InChI=1S/C14H23N3O/c1-5-7-16-13-6-8-15-9-12(13)14(18)17-11(4)10(2)3/h6,8-11H,5,7H2,1-4H3,(H,15,16)(H,17,18). The fourth-order valence-electron chi connectivity index (χ4n) is 1.44. The number of amides is 1. The van der Waals surface area contributed by atoms with Crippen molar-refractivity contribution in [3.05, 3.63) is 24.0 Å². The van der Waals surface area contributed by atoms with Gasteiger partial charge in [0.25, 0.3) is 5.91 Å². The van der Waals surface area contributed by atoms with Gasteiger partial charge >= 0.3 is 0 Å². The number of hydrogen-bond donors (Lipinski definition) is 2. The van der Waals surface area contributed by atoms with E-state index in [1.165, 1.54) is 0 Å². The largest absolute Gasteiger partial charge is 0.384 e. The first-order valence-electron chi connectivity index (χ1n) is 6.55. The van der Waals surface area contributed by atoms with Crippen molar-refractivity contribution in [1.29, 1.82) is 0 Å². The highest BCUT2D eigenvalue weighted by molar-refractivity contribution is 5.99. The molecule has 1 aromatic heterocycles. The van der Waals surface area contributed by atoms with Crippen LogP contribution >= 0.6 is 0 Å². The Labute approximate surface area is 109 Å². The summed E-state index contributed by atoms with van der Waals surface area (Å²) in [6.07, 6.45) is 4.33. The highest BCUT2D eigenvalue weighted by Crippen LogP contribution is 2.14. The number of anilines is 1. The van der Waals surface area contributed by atoms with Crippen LogP contribution in [0.15, 0.2) is 18.5 Å². The van der Waals surface area contributed by atoms with Crippen molar-refractivity contribution in [2.24, 2.45) is 5.92 Å². The SMILES string of the molecule is CCCNc1ccncc1C(=O)NC(C)C(C)C. The zero-order valence-corrected chi connectivity index (χ0v) is 11.7. The molecule has 1 amide bonds. The van der Waals surface area contributed by atoms with Crippen LogP contribution in [0, 0.1) is 5.92 Å². The normalized spacial score (nSPS) is 12.3. The highest BCUT2D eigenvalue weighted by Gasteiger charge is 2.15. The van der Waals surface area contributed by atoms with E-state index >= 15 is 0 Å². The van der Waals surface area contributed by atoms with E-state index in [9.17, 15) is 4.79 Å². The maximum Gasteiger partial charge on any atom is 0.255 e. The summed E-state index contributed by atoms with van der Waals surface area (Å²) >= 11 is 0. The Hall–Kier alpha value is -1.58. The summed E-state index contributed by atoms with van der Waals surface area (Å²) in [7, 11) is 0. The Bertz CT molecular complexity index is 390. The third-order valence-corrected chi connectivity index (χ3v) is 2.99. The number of rotatable bonds is 6. The van der Waals surface area contributed by atoms with Gasteiger partial charge in [0.1, 0.15) is 0 Å². The average molecular weight is 249 g/mol. The lowest BCUT2D eigenvalue weighted by Gasteiger charge is -2.18. The van der Waals surface area contributed by atoms with Crippen LogP contribution in [0.1, 0.15) is 44.5 Å². The van der Waals surface area contributed by atoms with E-state index in [0.717, 1.165) is 18.7 Å². The Balaban J connectivity index is 2.78. The molecule has 0 radical (unpaired) electrons. The van der Waals surface area contributed by atoms with Gasteiger partial charge in [0.2, 0.25) is 0 Å². The Morgan fingerprint density at radius 3 is 2.72 bits per heavy atom. The van der Waals surface area contributed by atoms with Gasteiger partial charge in [-0.15, -0.1) is 0 Å². The molecule has 4 heteroatoms. The smallest absolute Gasteiger partial charge is 0.255 e. The number of nitrogens with zero attached hydrogens (tertiary/aromatic N) is 1. The van der Waals surface area contributed by atoms with Crippen molar-refractivity contribution in [1.82, 2.24) is 10.3 Å². The Kier molecular flexibility index (Phi) is 5.62. The van der Waals surface area contributed by atoms with Gasteiger partial charge in [-0.2, -0.15) is 0 Å². The van der Waals surface area contributed by atoms with E-state index in [0.29, 0.717) is 11.5 Å². The molecule has 100 valence electrons. The van der Waals surface area contributed by atoms with E-state index in [1.54, 1.807) is 12.4 Å². The first kappa shape index (κ1) is 14.5. The zero-order chi connectivity index (χ0) is 13.5. The summed E-state index contributed by atoms with van der Waals surface area (Å²) in [6, 6.07) is 1.99. The number of hydrogen-bond acceptors (Lipinski definition) is 3. The molecule has 0 aliphatic rings. The summed E-state index contributed by atoms with van der Waals surface area (Å²) in [4.78, 5) is 16.2. The average Bonchev–Trinajstić information content (AvgIpc) is 2.36. The lowest BCUT2D eigenvalue weighted by atomic mass is 10.1. The van der Waals surface area contributed by atoms with Crippen molar-refractivity contribution in [3.8, 4) is 0 Å². The van der Waals surface area contributed by atoms with Gasteiger partial charge in [-0.25, -0.2) is 0 Å². The first-order chi connectivity index (χ1) is 8.56. The third-order valence-electron chi connectivity index (χ3n) is 2.99. The molecule has 0 fully saturated rings. The van der Waals surface area contributed by atoms with Crippen LogP contribution in [0.4, 0.5) is 5.69 Å². The lowest BCUT2D eigenvalue weighted by molar-refractivity contribution is 0.0931. The van der Waals surface area contributed by atoms with Crippen molar-refractivity contribution in [2.45, 2.75) is 40.2 Å². The van der Waals surface area contributed by atoms with Crippen molar-refractivity contribution < 1.29 is 4.79 Å². The molecular formula is C14H23N3O. The molecule has 1 unspecified atom stereocenters. The molecule has 0 bridgehead atoms. The molecule has 2 N–H and O–H groups in total. The minimum atomic E-state index is -0.0668. The van der Waals surface area contributed by atoms with Gasteiger partial charge in [0, 0.05) is 25.0 Å². The van der Waals surface area contributed by atoms with Crippen LogP contribution in [0.2, 0.25) is 0 Å². The summed E-state index contributed by atoms with van der Waals surface area (Å²) in [5.74, 6) is 0.348. The molecule has 0 saturated heterocycles. The maximum absolute atomic E-state index is 12.2. The molecule has 1 heterocycles. The molecule has 1 aromatic rings. The maximum atomic E-state index is 12.2. The lowest BCUT2D eigenvalue weighted by Crippen LogP contribution is -2.36. The zero-order valence-electron chi connectivity index (χ0n) is 11.7. The third kappa shape index (κ3) is 4.02. The van der Waals surface area contributed by atoms with Crippen molar-refractivity contribution >= 4 is 11.6 Å². The van der Waals surface area contributed by atoms with Gasteiger partial charge in [-0.05, 0) is 25.3 Å². The van der Waals surface area contributed by atoms with Gasteiger partial charge in [0.15, 0.2) is 0 Å². The van der Waals surface area contributed by atoms with Crippen LogP contribution in [0.3, 0.4) is 0 Å². The van der Waals surface area contributed by atoms with Crippen LogP contribution in [0.5, 0.6) is 0 Å². The second-order valence-corrected chi connectivity index (χ2v) is 4.85. The van der Waals surface area contributed by atoms with Crippen LogP contribution in [-0.2, 0) is 0 Å². The van der Waals surface area contributed by atoms with E-state index < -0.39 is 0 Å². The minimum Gasteiger partial charge on any atom is -0.384 e. The quantitative estimate of drug-likeness (QED) is 0.815. The van der Waals surface area contributed by atoms with E-state index in [4.69, 9.17) is 0 Å². The molecule has 0 aliphatic heterocycles. The summed E-state index contributed by atoms with van der Waals surface area (Å²) in [5.41, 5.74) is 1.46. The van der Waals surface area contributed by atoms with Gasteiger partial charge in [0.05, 0.1) is 11.3 Å². The van der Waals surface area contributed by atoms with Crippen molar-refractivity contribution in [3.63, 3.8) is 0 Å². The van der Waals surface area contributed by atoms with Gasteiger partial charge < -0.3 is 10.6 Å². The number of pyridine rings is 1. The van der Waals surface area contributed by atoms with Crippen LogP contribution < -0.4 is 10.6 Å². The van der Waals surface area contributed by atoms with Gasteiger partial charge in [-0.3, -0.25) is 9.78 Å². The minimum absolute atomic E-state index is 0.0668. The molecule has 4 nitrogen and oxygen atoms in total. The number of carbonyl (C=O) groups is 1. The second-order valence-electron chi connectivity index (χ2n) is 4.85. The van der Waals surface area contributed by atoms with Crippen LogP contribution in [-0.4, -0.2) is 23.5 Å². The Morgan fingerprint density at radius 1 is 1.39 bits per heavy atom.